The zero-order valence-corrected chi connectivity index (χ0v) is 12.5. The smallest absolute Gasteiger partial charge is 0.305 e. The monoisotopic (exact) mass is 360 g/mol. The summed E-state index contributed by atoms with van der Waals surface area (Å²) in [6, 6.07) is 7.88. The minimum Gasteiger partial charge on any atom is -0.305 e. The Hall–Kier alpha value is -1.41. The van der Waals surface area contributed by atoms with Crippen molar-refractivity contribution >= 4 is 15.9 Å². The van der Waals surface area contributed by atoms with Gasteiger partial charge in [-0.25, -0.2) is 0 Å². The normalized spacial score (nSPS) is 16.0. The molecule has 0 spiro atoms. The Labute approximate surface area is 127 Å². The summed E-state index contributed by atoms with van der Waals surface area (Å²) < 4.78 is 40.4. The van der Waals surface area contributed by atoms with Gasteiger partial charge in [-0.3, -0.25) is 4.90 Å². The molecular weight excluding hydrogens is 349 g/mol. The van der Waals surface area contributed by atoms with E-state index < -0.39 is 12.0 Å². The van der Waals surface area contributed by atoms with Gasteiger partial charge in [0.25, 0.3) is 0 Å². The standard InChI is InChI=1S/C13H12BrF3N4/c14-10-3-1-9(2-4-10)7-20-5-6-21-11(8-20)18-19-12(21)13(15,16)17/h1-4H,5-8H2. The van der Waals surface area contributed by atoms with Crippen LogP contribution in [-0.2, 0) is 25.8 Å². The Bertz CT molecular complexity index is 636. The van der Waals surface area contributed by atoms with Gasteiger partial charge in [-0.15, -0.1) is 10.2 Å². The number of hydrogen-bond acceptors (Lipinski definition) is 3. The average Bonchev–Trinajstić information content (AvgIpc) is 2.84. The van der Waals surface area contributed by atoms with Crippen LogP contribution in [0.15, 0.2) is 28.7 Å². The molecule has 0 aliphatic carbocycles. The largest absolute Gasteiger partial charge is 0.451 e. The van der Waals surface area contributed by atoms with Crippen LogP contribution < -0.4 is 0 Å². The van der Waals surface area contributed by atoms with Crippen LogP contribution in [0.25, 0.3) is 0 Å². The third-order valence-electron chi connectivity index (χ3n) is 3.41. The molecule has 0 saturated carbocycles. The van der Waals surface area contributed by atoms with E-state index in [4.69, 9.17) is 0 Å². The van der Waals surface area contributed by atoms with Crippen molar-refractivity contribution in [1.29, 1.82) is 0 Å². The third-order valence-corrected chi connectivity index (χ3v) is 3.93. The molecule has 8 heteroatoms. The molecule has 0 saturated heterocycles. The van der Waals surface area contributed by atoms with E-state index in [1.165, 1.54) is 0 Å². The van der Waals surface area contributed by atoms with Gasteiger partial charge in [0.05, 0.1) is 6.54 Å². The number of benzene rings is 1. The van der Waals surface area contributed by atoms with Crippen LogP contribution in [0, 0.1) is 0 Å². The quantitative estimate of drug-likeness (QED) is 0.825. The van der Waals surface area contributed by atoms with Gasteiger partial charge < -0.3 is 4.57 Å². The first-order valence-electron chi connectivity index (χ1n) is 6.39. The second-order valence-corrected chi connectivity index (χ2v) is 5.84. The second-order valence-electron chi connectivity index (χ2n) is 4.93. The lowest BCUT2D eigenvalue weighted by atomic mass is 10.2. The number of halogens is 4. The molecule has 0 atom stereocenters. The molecule has 2 heterocycles. The summed E-state index contributed by atoms with van der Waals surface area (Å²) in [4.78, 5) is 2.06. The van der Waals surface area contributed by atoms with Crippen molar-refractivity contribution < 1.29 is 13.2 Å². The maximum Gasteiger partial charge on any atom is 0.451 e. The zero-order chi connectivity index (χ0) is 15.0. The van der Waals surface area contributed by atoms with Crippen LogP contribution in [0.5, 0.6) is 0 Å². The Morgan fingerprint density at radius 1 is 1.10 bits per heavy atom. The highest BCUT2D eigenvalue weighted by atomic mass is 79.9. The van der Waals surface area contributed by atoms with E-state index in [0.29, 0.717) is 25.5 Å². The lowest BCUT2D eigenvalue weighted by Crippen LogP contribution is -2.34. The Morgan fingerprint density at radius 2 is 1.81 bits per heavy atom. The molecule has 0 fully saturated rings. The zero-order valence-electron chi connectivity index (χ0n) is 10.9. The Morgan fingerprint density at radius 3 is 2.48 bits per heavy atom. The highest BCUT2D eigenvalue weighted by Crippen LogP contribution is 2.29. The van der Waals surface area contributed by atoms with Crippen molar-refractivity contribution in [1.82, 2.24) is 19.7 Å². The molecule has 1 aromatic heterocycles. The SMILES string of the molecule is FC(F)(F)c1nnc2n1CCN(Cc1ccc(Br)cc1)C2. The molecule has 0 amide bonds. The molecule has 0 bridgehead atoms. The lowest BCUT2D eigenvalue weighted by Gasteiger charge is -2.27. The maximum atomic E-state index is 12.7. The van der Waals surface area contributed by atoms with Crippen molar-refractivity contribution in [2.75, 3.05) is 6.54 Å². The van der Waals surface area contributed by atoms with E-state index in [-0.39, 0.29) is 6.54 Å². The molecule has 0 N–H and O–H groups in total. The number of rotatable bonds is 2. The summed E-state index contributed by atoms with van der Waals surface area (Å²) in [5, 5.41) is 6.95. The van der Waals surface area contributed by atoms with E-state index >= 15 is 0 Å². The highest BCUT2D eigenvalue weighted by molar-refractivity contribution is 9.10. The molecular formula is C13H12BrF3N4. The fourth-order valence-corrected chi connectivity index (χ4v) is 2.66. The van der Waals surface area contributed by atoms with E-state index in [9.17, 15) is 13.2 Å². The lowest BCUT2D eigenvalue weighted by molar-refractivity contribution is -0.148. The number of nitrogens with zero attached hydrogens (tertiary/aromatic N) is 4. The van der Waals surface area contributed by atoms with E-state index in [1.807, 2.05) is 24.3 Å². The van der Waals surface area contributed by atoms with Gasteiger partial charge in [-0.2, -0.15) is 13.2 Å². The Balaban J connectivity index is 1.73. The summed E-state index contributed by atoms with van der Waals surface area (Å²) >= 11 is 3.37. The fraction of sp³-hybridized carbons (Fsp3) is 0.385. The molecule has 1 aromatic carbocycles. The van der Waals surface area contributed by atoms with E-state index in [0.717, 1.165) is 14.6 Å². The summed E-state index contributed by atoms with van der Waals surface area (Å²) in [6.07, 6.45) is -4.45. The molecule has 2 aromatic rings. The molecule has 3 rings (SSSR count). The summed E-state index contributed by atoms with van der Waals surface area (Å²) in [7, 11) is 0. The third kappa shape index (κ3) is 3.11. The molecule has 1 aliphatic rings. The molecule has 112 valence electrons. The van der Waals surface area contributed by atoms with Crippen LogP contribution in [0.2, 0.25) is 0 Å². The molecule has 1 aliphatic heterocycles. The number of hydrogen-bond donors (Lipinski definition) is 0. The van der Waals surface area contributed by atoms with Gasteiger partial charge in [0, 0.05) is 24.1 Å². The Kier molecular flexibility index (Phi) is 3.75. The van der Waals surface area contributed by atoms with Gasteiger partial charge >= 0.3 is 6.18 Å². The van der Waals surface area contributed by atoms with Gasteiger partial charge in [-0.1, -0.05) is 28.1 Å². The number of fused-ring (bicyclic) bond motifs is 1. The molecule has 21 heavy (non-hydrogen) atoms. The molecule has 0 radical (unpaired) electrons. The van der Waals surface area contributed by atoms with Crippen LogP contribution in [0.4, 0.5) is 13.2 Å². The topological polar surface area (TPSA) is 34.0 Å². The van der Waals surface area contributed by atoms with Crippen molar-refractivity contribution in [2.45, 2.75) is 25.8 Å². The predicted octanol–water partition coefficient (Wildman–Crippen LogP) is 3.08. The van der Waals surface area contributed by atoms with Crippen molar-refractivity contribution in [2.24, 2.45) is 0 Å². The van der Waals surface area contributed by atoms with Crippen LogP contribution in [-0.4, -0.2) is 26.2 Å². The van der Waals surface area contributed by atoms with Crippen molar-refractivity contribution in [3.8, 4) is 0 Å². The predicted molar refractivity (Wildman–Crippen MR) is 73.3 cm³/mol. The first-order chi connectivity index (χ1) is 9.93. The van der Waals surface area contributed by atoms with Gasteiger partial charge in [-0.05, 0) is 17.7 Å². The average molecular weight is 361 g/mol. The minimum atomic E-state index is -4.45. The first kappa shape index (κ1) is 14.5. The molecule has 4 nitrogen and oxygen atoms in total. The first-order valence-corrected chi connectivity index (χ1v) is 7.19. The number of aromatic nitrogens is 3. The van der Waals surface area contributed by atoms with E-state index in [2.05, 4.69) is 31.0 Å². The maximum absolute atomic E-state index is 12.7. The van der Waals surface area contributed by atoms with Crippen LogP contribution in [0.3, 0.4) is 0 Å². The minimum absolute atomic E-state index is 0.258. The number of alkyl halides is 3. The van der Waals surface area contributed by atoms with Crippen molar-refractivity contribution in [3.63, 3.8) is 0 Å². The summed E-state index contributed by atoms with van der Waals surface area (Å²) in [6.45, 7) is 1.86. The van der Waals surface area contributed by atoms with E-state index in [1.54, 1.807) is 0 Å². The summed E-state index contributed by atoms with van der Waals surface area (Å²) in [5.74, 6) is -0.536. The van der Waals surface area contributed by atoms with Crippen LogP contribution >= 0.6 is 15.9 Å². The van der Waals surface area contributed by atoms with Gasteiger partial charge in [0.15, 0.2) is 0 Å². The van der Waals surface area contributed by atoms with Crippen molar-refractivity contribution in [3.05, 3.63) is 46.0 Å². The van der Waals surface area contributed by atoms with Gasteiger partial charge in [0.1, 0.15) is 5.82 Å². The highest BCUT2D eigenvalue weighted by Gasteiger charge is 2.39. The van der Waals surface area contributed by atoms with Crippen LogP contribution in [0.1, 0.15) is 17.2 Å². The molecule has 0 unspecified atom stereocenters. The second kappa shape index (κ2) is 5.42. The summed E-state index contributed by atoms with van der Waals surface area (Å²) in [5.41, 5.74) is 1.11. The fourth-order valence-electron chi connectivity index (χ4n) is 2.40. The van der Waals surface area contributed by atoms with Gasteiger partial charge in [0.2, 0.25) is 5.82 Å².